The molecule has 150 valence electrons. The van der Waals surface area contributed by atoms with Gasteiger partial charge in [-0.2, -0.15) is 0 Å². The SMILES string of the molecule is Nc1ncc(/C2=C/N(C34CC(C3)C4)/C(C3CC3)=C\CCC2)cc1OC(F)(F)F. The highest BCUT2D eigenvalue weighted by Crippen LogP contribution is 2.63. The van der Waals surface area contributed by atoms with Gasteiger partial charge in [-0.05, 0) is 74.8 Å². The van der Waals surface area contributed by atoms with Gasteiger partial charge in [0.25, 0.3) is 0 Å². The van der Waals surface area contributed by atoms with Gasteiger partial charge in [0.05, 0.1) is 0 Å². The first kappa shape index (κ1) is 17.9. The number of nitrogen functional groups attached to an aromatic ring is 1. The molecule has 4 aliphatic carbocycles. The van der Waals surface area contributed by atoms with Crippen molar-refractivity contribution in [3.05, 3.63) is 35.8 Å². The van der Waals surface area contributed by atoms with Gasteiger partial charge in [-0.25, -0.2) is 4.98 Å². The van der Waals surface area contributed by atoms with Gasteiger partial charge in [-0.1, -0.05) is 6.08 Å². The number of anilines is 1. The van der Waals surface area contributed by atoms with E-state index in [-0.39, 0.29) is 11.4 Å². The number of aromatic nitrogens is 1. The van der Waals surface area contributed by atoms with Crippen LogP contribution in [-0.2, 0) is 0 Å². The zero-order valence-corrected chi connectivity index (χ0v) is 15.6. The lowest BCUT2D eigenvalue weighted by Crippen LogP contribution is -2.66. The minimum Gasteiger partial charge on any atom is -0.402 e. The second kappa shape index (κ2) is 6.16. The first-order valence-corrected chi connectivity index (χ1v) is 10.0. The maximum atomic E-state index is 12.7. The van der Waals surface area contributed by atoms with E-state index in [4.69, 9.17) is 5.73 Å². The lowest BCUT2D eigenvalue weighted by Gasteiger charge is -2.67. The van der Waals surface area contributed by atoms with Crippen molar-refractivity contribution in [2.75, 3.05) is 5.73 Å². The lowest BCUT2D eigenvalue weighted by atomic mass is 9.49. The average Bonchev–Trinajstić information content (AvgIpc) is 3.32. The number of nitrogens with two attached hydrogens (primary N) is 1. The molecule has 6 rings (SSSR count). The zero-order chi connectivity index (χ0) is 19.5. The minimum atomic E-state index is -4.79. The molecule has 2 N–H and O–H groups in total. The van der Waals surface area contributed by atoms with Crippen LogP contribution in [0.1, 0.15) is 56.9 Å². The topological polar surface area (TPSA) is 51.4 Å². The molecule has 0 aromatic carbocycles. The summed E-state index contributed by atoms with van der Waals surface area (Å²) in [7, 11) is 0. The molecule has 5 aliphatic rings. The van der Waals surface area contributed by atoms with Crippen molar-refractivity contribution in [3.8, 4) is 5.75 Å². The molecule has 0 atom stereocenters. The van der Waals surface area contributed by atoms with Crippen LogP contribution in [0.3, 0.4) is 0 Å². The van der Waals surface area contributed by atoms with Crippen LogP contribution < -0.4 is 10.5 Å². The number of ether oxygens (including phenoxy) is 1. The Kier molecular flexibility index (Phi) is 3.93. The number of hydrogen-bond acceptors (Lipinski definition) is 4. The Hall–Kier alpha value is -2.18. The fourth-order valence-electron chi connectivity index (χ4n) is 4.87. The van der Waals surface area contributed by atoms with Crippen LogP contribution in [0.5, 0.6) is 5.75 Å². The van der Waals surface area contributed by atoms with E-state index >= 15 is 0 Å². The summed E-state index contributed by atoms with van der Waals surface area (Å²) in [5.74, 6) is 0.816. The molecule has 4 nitrogen and oxygen atoms in total. The molecule has 1 aromatic heterocycles. The van der Waals surface area contributed by atoms with E-state index in [1.807, 2.05) is 0 Å². The Morgan fingerprint density at radius 3 is 2.57 bits per heavy atom. The highest BCUT2D eigenvalue weighted by atomic mass is 19.4. The molecule has 4 fully saturated rings. The number of hydrogen-bond donors (Lipinski definition) is 1. The maximum Gasteiger partial charge on any atom is 0.573 e. The number of alkyl halides is 3. The van der Waals surface area contributed by atoms with E-state index in [0.717, 1.165) is 30.8 Å². The summed E-state index contributed by atoms with van der Waals surface area (Å²) in [6.07, 6.45) is 10.2. The summed E-state index contributed by atoms with van der Waals surface area (Å²) in [5.41, 5.74) is 8.93. The van der Waals surface area contributed by atoms with Gasteiger partial charge in [0, 0.05) is 29.2 Å². The van der Waals surface area contributed by atoms with E-state index in [2.05, 4.69) is 26.9 Å². The first-order valence-electron chi connectivity index (χ1n) is 10.0. The molecule has 2 heterocycles. The Labute approximate surface area is 162 Å². The second-order valence-corrected chi connectivity index (χ2v) is 8.68. The van der Waals surface area contributed by atoms with Crippen molar-refractivity contribution in [3.63, 3.8) is 0 Å². The van der Waals surface area contributed by atoms with Gasteiger partial charge >= 0.3 is 6.36 Å². The van der Waals surface area contributed by atoms with Crippen molar-refractivity contribution < 1.29 is 17.9 Å². The smallest absolute Gasteiger partial charge is 0.402 e. The van der Waals surface area contributed by atoms with Gasteiger partial charge in [0.1, 0.15) is 0 Å². The second-order valence-electron chi connectivity index (χ2n) is 8.68. The third-order valence-electron chi connectivity index (χ3n) is 6.56. The van der Waals surface area contributed by atoms with E-state index in [1.165, 1.54) is 43.9 Å². The largest absolute Gasteiger partial charge is 0.573 e. The third-order valence-corrected chi connectivity index (χ3v) is 6.56. The van der Waals surface area contributed by atoms with Crippen LogP contribution >= 0.6 is 0 Å². The predicted molar refractivity (Wildman–Crippen MR) is 99.9 cm³/mol. The Balaban J connectivity index is 1.51. The molecular weight excluding hydrogens is 367 g/mol. The summed E-state index contributed by atoms with van der Waals surface area (Å²) in [6, 6.07) is 1.38. The molecule has 1 aromatic rings. The molecule has 4 saturated carbocycles. The van der Waals surface area contributed by atoms with Crippen molar-refractivity contribution in [2.45, 2.75) is 63.3 Å². The van der Waals surface area contributed by atoms with E-state index in [9.17, 15) is 13.2 Å². The number of rotatable bonds is 4. The third kappa shape index (κ3) is 3.14. The number of nitrogens with zero attached hydrogens (tertiary/aromatic N) is 2. The number of allylic oxidation sites excluding steroid dienone is 3. The van der Waals surface area contributed by atoms with Crippen LogP contribution in [0, 0.1) is 11.8 Å². The molecule has 1 aliphatic heterocycles. The molecule has 0 unspecified atom stereocenters. The fourth-order valence-corrected chi connectivity index (χ4v) is 4.87. The van der Waals surface area contributed by atoms with Gasteiger partial charge < -0.3 is 15.4 Å². The van der Waals surface area contributed by atoms with E-state index in [0.29, 0.717) is 11.5 Å². The highest BCUT2D eigenvalue weighted by Gasteiger charge is 2.60. The minimum absolute atomic E-state index is 0.230. The first-order chi connectivity index (χ1) is 13.3. The molecule has 7 heteroatoms. The van der Waals surface area contributed by atoms with Crippen molar-refractivity contribution in [1.82, 2.24) is 9.88 Å². The molecule has 0 radical (unpaired) electrons. The molecule has 0 amide bonds. The Morgan fingerprint density at radius 2 is 1.96 bits per heavy atom. The van der Waals surface area contributed by atoms with Gasteiger partial charge in [-0.3, -0.25) is 0 Å². The molecule has 28 heavy (non-hydrogen) atoms. The Bertz CT molecular complexity index is 840. The average molecular weight is 391 g/mol. The van der Waals surface area contributed by atoms with E-state index in [1.54, 1.807) is 6.20 Å². The zero-order valence-electron chi connectivity index (χ0n) is 15.6. The quantitative estimate of drug-likeness (QED) is 0.763. The standard InChI is InChI=1S/C21H24F3N3O/c22-21(23,24)28-18-7-16(11-26-19(18)25)15-3-1-2-4-17(14-5-6-14)27(12-15)20-8-13(9-20)10-20/h4,7,11-14H,1-3,5-6,8-10H2,(H2,25,26)/b15-12+,17-4-. The highest BCUT2D eigenvalue weighted by molar-refractivity contribution is 5.68. The summed E-state index contributed by atoms with van der Waals surface area (Å²) in [5, 5.41) is 0. The van der Waals surface area contributed by atoms with Crippen LogP contribution in [-0.4, -0.2) is 21.8 Å². The Morgan fingerprint density at radius 1 is 1.21 bits per heavy atom. The van der Waals surface area contributed by atoms with Crippen LogP contribution in [0.25, 0.3) is 5.57 Å². The molecule has 0 saturated heterocycles. The van der Waals surface area contributed by atoms with Crippen molar-refractivity contribution >= 4 is 11.4 Å². The molecule has 2 bridgehead atoms. The van der Waals surface area contributed by atoms with Crippen LogP contribution in [0.4, 0.5) is 19.0 Å². The van der Waals surface area contributed by atoms with Crippen LogP contribution in [0.2, 0.25) is 0 Å². The van der Waals surface area contributed by atoms with Gasteiger partial charge in [0.15, 0.2) is 11.6 Å². The predicted octanol–water partition coefficient (Wildman–Crippen LogP) is 5.24. The molecular formula is C21H24F3N3O. The molecule has 0 spiro atoms. The summed E-state index contributed by atoms with van der Waals surface area (Å²) in [6.45, 7) is 0. The van der Waals surface area contributed by atoms with Crippen molar-refractivity contribution in [1.29, 1.82) is 0 Å². The van der Waals surface area contributed by atoms with Crippen LogP contribution in [0.15, 0.2) is 30.2 Å². The fraction of sp³-hybridized carbons (Fsp3) is 0.571. The normalized spacial score (nSPS) is 33.4. The van der Waals surface area contributed by atoms with Gasteiger partial charge in [0.2, 0.25) is 0 Å². The number of halogens is 3. The number of pyridine rings is 1. The van der Waals surface area contributed by atoms with E-state index < -0.39 is 12.1 Å². The summed E-state index contributed by atoms with van der Waals surface area (Å²) >= 11 is 0. The summed E-state index contributed by atoms with van der Waals surface area (Å²) < 4.78 is 42.2. The maximum absolute atomic E-state index is 12.7. The summed E-state index contributed by atoms with van der Waals surface area (Å²) in [4.78, 5) is 6.44. The monoisotopic (exact) mass is 391 g/mol. The van der Waals surface area contributed by atoms with Crippen molar-refractivity contribution in [2.24, 2.45) is 11.8 Å². The van der Waals surface area contributed by atoms with Gasteiger partial charge in [-0.15, -0.1) is 13.2 Å². The lowest BCUT2D eigenvalue weighted by molar-refractivity contribution is -0.274.